The summed E-state index contributed by atoms with van der Waals surface area (Å²) in [7, 11) is 0. The molecule has 2 nitrogen and oxygen atoms in total. The third kappa shape index (κ3) is 2.47. The predicted molar refractivity (Wildman–Crippen MR) is 92.0 cm³/mol. The van der Waals surface area contributed by atoms with Crippen LogP contribution >= 0.6 is 0 Å². The second-order valence-electron chi connectivity index (χ2n) is 5.63. The molecule has 0 bridgehead atoms. The van der Waals surface area contributed by atoms with E-state index in [-0.39, 0.29) is 0 Å². The zero-order valence-corrected chi connectivity index (χ0v) is 12.8. The van der Waals surface area contributed by atoms with Crippen molar-refractivity contribution in [3.63, 3.8) is 0 Å². The maximum atomic E-state index is 5.74. The van der Waals surface area contributed by atoms with E-state index in [9.17, 15) is 0 Å². The van der Waals surface area contributed by atoms with Crippen LogP contribution in [0.4, 0.5) is 11.4 Å². The van der Waals surface area contributed by atoms with Crippen molar-refractivity contribution in [2.75, 3.05) is 18.0 Å². The summed E-state index contributed by atoms with van der Waals surface area (Å²) >= 11 is 0. The van der Waals surface area contributed by atoms with Crippen molar-refractivity contribution in [3.8, 4) is 0 Å². The molecular weight excluding hydrogens is 256 g/mol. The van der Waals surface area contributed by atoms with Gasteiger partial charge in [-0.15, -0.1) is 0 Å². The molecule has 2 N–H and O–H groups in total. The minimum absolute atomic E-state index is 0.715. The quantitative estimate of drug-likeness (QED) is 0.908. The van der Waals surface area contributed by atoms with Gasteiger partial charge in [0.2, 0.25) is 0 Å². The molecule has 0 aliphatic carbocycles. The van der Waals surface area contributed by atoms with Crippen LogP contribution in [0.3, 0.4) is 0 Å². The molecule has 2 aromatic rings. The molecule has 0 fully saturated rings. The van der Waals surface area contributed by atoms with E-state index in [1.165, 1.54) is 33.6 Å². The van der Waals surface area contributed by atoms with Crippen LogP contribution in [0.5, 0.6) is 0 Å². The van der Waals surface area contributed by atoms with E-state index in [1.807, 2.05) is 0 Å². The van der Waals surface area contributed by atoms with Crippen molar-refractivity contribution in [1.82, 2.24) is 0 Å². The van der Waals surface area contributed by atoms with Crippen molar-refractivity contribution in [1.29, 1.82) is 0 Å². The minimum Gasteiger partial charge on any atom is -0.340 e. The summed E-state index contributed by atoms with van der Waals surface area (Å²) in [5, 5.41) is 0. The summed E-state index contributed by atoms with van der Waals surface area (Å²) in [6.07, 6.45) is 5.46. The second-order valence-corrected chi connectivity index (χ2v) is 5.63. The van der Waals surface area contributed by atoms with E-state index >= 15 is 0 Å². The molecule has 108 valence electrons. The van der Waals surface area contributed by atoms with Gasteiger partial charge in [0.05, 0.1) is 0 Å². The Hall–Kier alpha value is -2.06. The van der Waals surface area contributed by atoms with Crippen LogP contribution in [0.2, 0.25) is 0 Å². The lowest BCUT2D eigenvalue weighted by Crippen LogP contribution is -2.22. The molecule has 0 atom stereocenters. The van der Waals surface area contributed by atoms with Crippen molar-refractivity contribution in [2.45, 2.75) is 20.3 Å². The van der Waals surface area contributed by atoms with Crippen molar-refractivity contribution in [2.24, 2.45) is 5.73 Å². The molecule has 3 rings (SSSR count). The Morgan fingerprint density at radius 2 is 1.76 bits per heavy atom. The number of nitrogens with zero attached hydrogens (tertiary/aromatic N) is 1. The first-order chi connectivity index (χ1) is 10.2. The van der Waals surface area contributed by atoms with Crippen molar-refractivity contribution >= 4 is 23.5 Å². The lowest BCUT2D eigenvalue weighted by Gasteiger charge is -2.27. The van der Waals surface area contributed by atoms with Crippen LogP contribution in [-0.2, 0) is 0 Å². The maximum Gasteiger partial charge on any atom is 0.0487 e. The van der Waals surface area contributed by atoms with Gasteiger partial charge < -0.3 is 10.6 Å². The maximum absolute atomic E-state index is 5.74. The summed E-state index contributed by atoms with van der Waals surface area (Å²) in [5.41, 5.74) is 13.6. The van der Waals surface area contributed by atoms with Crippen LogP contribution in [0.1, 0.15) is 28.7 Å². The molecule has 0 radical (unpaired) electrons. The Morgan fingerprint density at radius 1 is 0.952 bits per heavy atom. The van der Waals surface area contributed by atoms with Gasteiger partial charge in [0.1, 0.15) is 0 Å². The lowest BCUT2D eigenvalue weighted by atomic mass is 10.0. The third-order valence-electron chi connectivity index (χ3n) is 4.30. The molecule has 1 aliphatic heterocycles. The van der Waals surface area contributed by atoms with Crippen molar-refractivity contribution in [3.05, 3.63) is 58.7 Å². The molecule has 0 amide bonds. The van der Waals surface area contributed by atoms with Crippen LogP contribution in [0, 0.1) is 13.8 Å². The highest BCUT2D eigenvalue weighted by Gasteiger charge is 2.18. The highest BCUT2D eigenvalue weighted by Crippen LogP contribution is 2.38. The van der Waals surface area contributed by atoms with Gasteiger partial charge in [-0.2, -0.15) is 0 Å². The number of fused-ring (bicyclic) bond motifs is 2. The molecule has 2 aromatic carbocycles. The first-order valence-corrected chi connectivity index (χ1v) is 7.57. The molecule has 0 spiro atoms. The highest BCUT2D eigenvalue weighted by molar-refractivity contribution is 5.90. The van der Waals surface area contributed by atoms with Crippen LogP contribution in [0.25, 0.3) is 12.2 Å². The number of rotatable bonds is 3. The Kier molecular flexibility index (Phi) is 3.80. The normalized spacial score (nSPS) is 12.8. The number of hydrogen-bond donors (Lipinski definition) is 1. The number of hydrogen-bond acceptors (Lipinski definition) is 2. The van der Waals surface area contributed by atoms with Gasteiger partial charge >= 0.3 is 0 Å². The second kappa shape index (κ2) is 5.74. The predicted octanol–water partition coefficient (Wildman–Crippen LogP) is 4.27. The smallest absolute Gasteiger partial charge is 0.0487 e. The molecule has 0 saturated heterocycles. The number of anilines is 2. The summed E-state index contributed by atoms with van der Waals surface area (Å²) in [6.45, 7) is 6.04. The lowest BCUT2D eigenvalue weighted by molar-refractivity contribution is 0.817. The van der Waals surface area contributed by atoms with E-state index < -0.39 is 0 Å². The van der Waals surface area contributed by atoms with Gasteiger partial charge in [-0.25, -0.2) is 0 Å². The number of nitrogens with two attached hydrogens (primary N) is 1. The first-order valence-electron chi connectivity index (χ1n) is 7.57. The molecule has 0 aromatic heterocycles. The zero-order valence-electron chi connectivity index (χ0n) is 12.8. The van der Waals surface area contributed by atoms with E-state index in [4.69, 9.17) is 5.73 Å². The van der Waals surface area contributed by atoms with Gasteiger partial charge in [0.25, 0.3) is 0 Å². The molecule has 21 heavy (non-hydrogen) atoms. The minimum atomic E-state index is 0.715. The highest BCUT2D eigenvalue weighted by atomic mass is 15.1. The Morgan fingerprint density at radius 3 is 2.57 bits per heavy atom. The van der Waals surface area contributed by atoms with E-state index in [2.05, 4.69) is 67.3 Å². The fraction of sp³-hybridized carbons (Fsp3) is 0.263. The molecule has 1 aliphatic rings. The first kappa shape index (κ1) is 13.9. The van der Waals surface area contributed by atoms with Crippen LogP contribution in [-0.4, -0.2) is 13.1 Å². The SMILES string of the molecule is Cc1ccc2c(c1C)C=Cc1ccccc1N2CCCN. The summed E-state index contributed by atoms with van der Waals surface area (Å²) in [6, 6.07) is 13.0. The van der Waals surface area contributed by atoms with Crippen LogP contribution in [0.15, 0.2) is 36.4 Å². The summed E-state index contributed by atoms with van der Waals surface area (Å²) < 4.78 is 0. The summed E-state index contributed by atoms with van der Waals surface area (Å²) in [5.74, 6) is 0. The molecule has 2 heteroatoms. The monoisotopic (exact) mass is 278 g/mol. The molecule has 0 unspecified atom stereocenters. The zero-order chi connectivity index (χ0) is 14.8. The standard InChI is InChI=1S/C19H22N2/c1-14-8-11-19-17(15(14)2)10-9-16-6-3-4-7-18(16)21(19)13-5-12-20/h3-4,6-11H,5,12-13,20H2,1-2H3. The number of para-hydroxylation sites is 1. The Balaban J connectivity index is 2.19. The van der Waals surface area contributed by atoms with Gasteiger partial charge in [0.15, 0.2) is 0 Å². The fourth-order valence-corrected chi connectivity index (χ4v) is 2.94. The van der Waals surface area contributed by atoms with Gasteiger partial charge in [-0.05, 0) is 55.6 Å². The van der Waals surface area contributed by atoms with E-state index in [0.29, 0.717) is 6.54 Å². The van der Waals surface area contributed by atoms with E-state index in [1.54, 1.807) is 0 Å². The fourth-order valence-electron chi connectivity index (χ4n) is 2.94. The Bertz CT molecular complexity index is 686. The molecule has 0 saturated carbocycles. The largest absolute Gasteiger partial charge is 0.340 e. The number of benzene rings is 2. The molecule has 1 heterocycles. The summed E-state index contributed by atoms with van der Waals surface area (Å²) in [4.78, 5) is 2.41. The van der Waals surface area contributed by atoms with Crippen LogP contribution < -0.4 is 10.6 Å². The van der Waals surface area contributed by atoms with Gasteiger partial charge in [0, 0.05) is 23.5 Å². The van der Waals surface area contributed by atoms with Gasteiger partial charge in [-0.3, -0.25) is 0 Å². The Labute approximate surface area is 126 Å². The third-order valence-corrected chi connectivity index (χ3v) is 4.30. The average Bonchev–Trinajstić information content (AvgIpc) is 2.66. The van der Waals surface area contributed by atoms with E-state index in [0.717, 1.165) is 13.0 Å². The average molecular weight is 278 g/mol. The van der Waals surface area contributed by atoms with Crippen molar-refractivity contribution < 1.29 is 0 Å². The topological polar surface area (TPSA) is 29.3 Å². The molecular formula is C19H22N2. The number of aryl methyl sites for hydroxylation is 1. The van der Waals surface area contributed by atoms with Gasteiger partial charge in [-0.1, -0.05) is 36.4 Å².